The number of nitrogens with one attached hydrogen (secondary N) is 2. The highest BCUT2D eigenvalue weighted by Gasteiger charge is 2.36. The quantitative estimate of drug-likeness (QED) is 0.227. The molecule has 1 aromatic carbocycles. The molecule has 3 aromatic heterocycles. The average molecular weight is 732 g/mol. The number of anilines is 1. The maximum absolute atomic E-state index is 13.2. The number of carbonyl (C=O) groups excluding carboxylic acids is 4. The number of carbonyl (C=O) groups is 4. The minimum atomic E-state index is -4.69. The summed E-state index contributed by atoms with van der Waals surface area (Å²) in [5.41, 5.74) is 2.17. The highest BCUT2D eigenvalue weighted by Crippen LogP contribution is 2.34. The highest BCUT2D eigenvalue weighted by molar-refractivity contribution is 6.04. The number of rotatable bonds is 9. The van der Waals surface area contributed by atoms with Gasteiger partial charge in [-0.3, -0.25) is 29.4 Å². The van der Waals surface area contributed by atoms with Gasteiger partial charge in [-0.05, 0) is 75.4 Å². The SMILES string of the molecule is CC(C)Oc1cc2nc(C3CN(C(=O)CN4CCC(c5ccc(C6CCC(=O)NC6=O)cc5)CC4)C3)cn2cc1NC(=O)c1cccc(C(F)(F)F)n1. The topological polar surface area (TPSA) is 138 Å². The number of likely N-dealkylation sites (tertiary alicyclic amines) is 2. The van der Waals surface area contributed by atoms with Gasteiger partial charge in [-0.1, -0.05) is 30.3 Å². The molecule has 0 bridgehead atoms. The van der Waals surface area contributed by atoms with Crippen LogP contribution >= 0.6 is 0 Å². The van der Waals surface area contributed by atoms with Crippen molar-refractivity contribution in [1.82, 2.24) is 29.5 Å². The Kier molecular flexibility index (Phi) is 9.94. The van der Waals surface area contributed by atoms with Crippen molar-refractivity contribution in [3.05, 3.63) is 89.1 Å². The van der Waals surface area contributed by atoms with Crippen LogP contribution in [0.5, 0.6) is 5.75 Å². The molecule has 15 heteroatoms. The molecule has 3 aliphatic rings. The van der Waals surface area contributed by atoms with Crippen molar-refractivity contribution in [3.63, 3.8) is 0 Å². The minimum absolute atomic E-state index is 0.0227. The van der Waals surface area contributed by atoms with Gasteiger partial charge in [-0.15, -0.1) is 0 Å². The minimum Gasteiger partial charge on any atom is -0.489 e. The zero-order chi connectivity index (χ0) is 37.4. The van der Waals surface area contributed by atoms with Crippen LogP contribution in [0.25, 0.3) is 5.65 Å². The van der Waals surface area contributed by atoms with Crippen LogP contribution in [0.15, 0.2) is 60.9 Å². The molecule has 3 aliphatic heterocycles. The molecular formula is C38H40F3N7O5. The van der Waals surface area contributed by atoms with E-state index < -0.39 is 17.8 Å². The fourth-order valence-corrected chi connectivity index (χ4v) is 7.18. The summed E-state index contributed by atoms with van der Waals surface area (Å²) in [5, 5.41) is 5.06. The number of imide groups is 1. The second kappa shape index (κ2) is 14.6. The second-order valence-electron chi connectivity index (χ2n) is 14.2. The van der Waals surface area contributed by atoms with Crippen LogP contribution in [0.1, 0.15) is 90.3 Å². The van der Waals surface area contributed by atoms with Gasteiger partial charge >= 0.3 is 6.18 Å². The number of aromatic nitrogens is 3. The van der Waals surface area contributed by atoms with Crippen molar-refractivity contribution >= 4 is 35.0 Å². The third kappa shape index (κ3) is 8.04. The van der Waals surface area contributed by atoms with Crippen molar-refractivity contribution in [2.75, 3.05) is 38.0 Å². The number of ether oxygens (including phenoxy) is 1. The lowest BCUT2D eigenvalue weighted by Crippen LogP contribution is -2.52. The van der Waals surface area contributed by atoms with E-state index in [9.17, 15) is 32.3 Å². The number of halogens is 3. The first-order valence-corrected chi connectivity index (χ1v) is 17.8. The number of hydrogen-bond acceptors (Lipinski definition) is 8. The zero-order valence-corrected chi connectivity index (χ0v) is 29.4. The molecule has 0 saturated carbocycles. The van der Waals surface area contributed by atoms with Gasteiger partial charge in [0.1, 0.15) is 28.5 Å². The van der Waals surface area contributed by atoms with Crippen LogP contribution in [0.2, 0.25) is 0 Å². The first-order valence-electron chi connectivity index (χ1n) is 17.8. The van der Waals surface area contributed by atoms with Crippen LogP contribution in [-0.2, 0) is 20.6 Å². The number of pyridine rings is 2. The smallest absolute Gasteiger partial charge is 0.433 e. The van der Waals surface area contributed by atoms with Gasteiger partial charge in [-0.2, -0.15) is 13.2 Å². The van der Waals surface area contributed by atoms with Crippen LogP contribution in [-0.4, -0.2) is 86.6 Å². The number of amides is 4. The normalized spacial score (nSPS) is 19.0. The molecule has 7 rings (SSSR count). The number of alkyl halides is 3. The maximum Gasteiger partial charge on any atom is 0.433 e. The maximum atomic E-state index is 13.2. The number of imidazole rings is 1. The Morgan fingerprint density at radius 1 is 0.962 bits per heavy atom. The van der Waals surface area contributed by atoms with E-state index in [0.717, 1.165) is 49.3 Å². The third-order valence-electron chi connectivity index (χ3n) is 10.1. The van der Waals surface area contributed by atoms with E-state index >= 15 is 0 Å². The molecule has 0 radical (unpaired) electrons. The van der Waals surface area contributed by atoms with Gasteiger partial charge < -0.3 is 19.4 Å². The molecule has 4 aromatic rings. The summed E-state index contributed by atoms with van der Waals surface area (Å²) in [6, 6.07) is 13.0. The van der Waals surface area contributed by atoms with Gasteiger partial charge in [0.05, 0.1) is 24.3 Å². The molecule has 6 heterocycles. The molecule has 1 atom stereocenters. The van der Waals surface area contributed by atoms with E-state index in [-0.39, 0.29) is 47.0 Å². The molecule has 0 aliphatic carbocycles. The predicted octanol–water partition coefficient (Wildman–Crippen LogP) is 5.11. The van der Waals surface area contributed by atoms with E-state index in [2.05, 4.69) is 32.7 Å². The fraction of sp³-hybridized carbons (Fsp3) is 0.421. The number of piperidine rings is 2. The third-order valence-corrected chi connectivity index (χ3v) is 10.1. The molecule has 278 valence electrons. The number of fused-ring (bicyclic) bond motifs is 1. The molecule has 0 spiro atoms. The van der Waals surface area contributed by atoms with E-state index in [1.54, 1.807) is 16.7 Å². The van der Waals surface area contributed by atoms with Crippen molar-refractivity contribution in [2.24, 2.45) is 0 Å². The monoisotopic (exact) mass is 731 g/mol. The van der Waals surface area contributed by atoms with Crippen molar-refractivity contribution in [1.29, 1.82) is 0 Å². The Hall–Kier alpha value is -5.31. The van der Waals surface area contributed by atoms with Crippen LogP contribution in [0.3, 0.4) is 0 Å². The summed E-state index contributed by atoms with van der Waals surface area (Å²) in [5.74, 6) is -0.797. The molecular weight excluding hydrogens is 691 g/mol. The lowest BCUT2D eigenvalue weighted by molar-refractivity contribution is -0.141. The Morgan fingerprint density at radius 2 is 1.68 bits per heavy atom. The Balaban J connectivity index is 0.927. The molecule has 4 amide bonds. The summed E-state index contributed by atoms with van der Waals surface area (Å²) < 4.78 is 47.2. The van der Waals surface area contributed by atoms with Crippen molar-refractivity contribution in [3.8, 4) is 5.75 Å². The van der Waals surface area contributed by atoms with Gasteiger partial charge in [0.2, 0.25) is 17.7 Å². The van der Waals surface area contributed by atoms with E-state index in [4.69, 9.17) is 9.72 Å². The molecule has 12 nitrogen and oxygen atoms in total. The summed E-state index contributed by atoms with van der Waals surface area (Å²) >= 11 is 0. The van der Waals surface area contributed by atoms with Crippen LogP contribution < -0.4 is 15.4 Å². The van der Waals surface area contributed by atoms with Crippen LogP contribution in [0.4, 0.5) is 18.9 Å². The molecule has 2 N–H and O–H groups in total. The lowest BCUT2D eigenvalue weighted by atomic mass is 9.86. The van der Waals surface area contributed by atoms with E-state index in [1.165, 1.54) is 11.6 Å². The van der Waals surface area contributed by atoms with Gasteiger partial charge in [-0.25, -0.2) is 9.97 Å². The molecule has 3 saturated heterocycles. The van der Waals surface area contributed by atoms with Gasteiger partial charge in [0, 0.05) is 43.9 Å². The predicted molar refractivity (Wildman–Crippen MR) is 187 cm³/mol. The number of benzene rings is 1. The van der Waals surface area contributed by atoms with E-state index in [1.807, 2.05) is 37.1 Å². The Labute approximate surface area is 303 Å². The highest BCUT2D eigenvalue weighted by atomic mass is 19.4. The Morgan fingerprint density at radius 3 is 2.36 bits per heavy atom. The largest absolute Gasteiger partial charge is 0.489 e. The second-order valence-corrected chi connectivity index (χ2v) is 14.2. The zero-order valence-electron chi connectivity index (χ0n) is 29.4. The first-order chi connectivity index (χ1) is 25.3. The van der Waals surface area contributed by atoms with Gasteiger partial charge in [0.25, 0.3) is 5.91 Å². The van der Waals surface area contributed by atoms with Crippen molar-refractivity contribution < 1.29 is 37.1 Å². The number of nitrogens with zero attached hydrogens (tertiary/aromatic N) is 5. The van der Waals surface area contributed by atoms with Crippen LogP contribution in [0, 0.1) is 0 Å². The van der Waals surface area contributed by atoms with Crippen molar-refractivity contribution in [2.45, 2.75) is 69.6 Å². The fourth-order valence-electron chi connectivity index (χ4n) is 7.18. The molecule has 53 heavy (non-hydrogen) atoms. The molecule has 3 fully saturated rings. The van der Waals surface area contributed by atoms with Gasteiger partial charge in [0.15, 0.2) is 0 Å². The summed E-state index contributed by atoms with van der Waals surface area (Å²) in [4.78, 5) is 62.2. The Bertz CT molecular complexity index is 2030. The molecule has 1 unspecified atom stereocenters. The van der Waals surface area contributed by atoms with E-state index in [0.29, 0.717) is 49.8 Å². The first kappa shape index (κ1) is 36.1. The summed E-state index contributed by atoms with van der Waals surface area (Å²) in [6.45, 7) is 6.64. The summed E-state index contributed by atoms with van der Waals surface area (Å²) in [6.07, 6.45) is 1.21. The number of hydrogen-bond donors (Lipinski definition) is 2. The lowest BCUT2D eigenvalue weighted by Gasteiger charge is -2.40. The average Bonchev–Trinajstić information content (AvgIpc) is 3.49. The standard InChI is InChI=1S/C38H40F3N7O5/c1-22(2)53-31-16-33-43-29(19-47(33)20-30(31)44-37(52)28-4-3-5-32(42-28)38(39,40)41)26-17-48(18-26)35(50)21-46-14-12-24(13-15-46)23-6-8-25(9-7-23)27-10-11-34(49)45-36(27)51/h3-9,16,19-20,22,24,26-27H,10-15,17-18,21H2,1-2H3,(H,44,52)(H,45,49,51). The summed E-state index contributed by atoms with van der Waals surface area (Å²) in [7, 11) is 0.